The maximum Gasteiger partial charge on any atom is 0.407 e. The van der Waals surface area contributed by atoms with Crippen molar-refractivity contribution in [2.45, 2.75) is 64.6 Å². The first-order valence-corrected chi connectivity index (χ1v) is 13.7. The number of nitrogens with one attached hydrogen (secondary N) is 1. The molecule has 0 spiro atoms. The summed E-state index contributed by atoms with van der Waals surface area (Å²) in [6.45, 7) is 5.70. The maximum atomic E-state index is 13.7. The van der Waals surface area contributed by atoms with Crippen molar-refractivity contribution in [1.29, 1.82) is 0 Å². The van der Waals surface area contributed by atoms with Gasteiger partial charge in [-0.05, 0) is 47.4 Å². The number of carbonyl (C=O) groups is 3. The van der Waals surface area contributed by atoms with Gasteiger partial charge in [0.05, 0.1) is 13.2 Å². The zero-order chi connectivity index (χ0) is 28.4. The number of amides is 2. The predicted molar refractivity (Wildman–Crippen MR) is 151 cm³/mol. The molecule has 1 aliphatic carbocycles. The Kier molecular flexibility index (Phi) is 7.65. The van der Waals surface area contributed by atoms with Crippen molar-refractivity contribution in [3.63, 3.8) is 0 Å². The quantitative estimate of drug-likeness (QED) is 0.452. The largest absolute Gasteiger partial charge is 0.480 e. The van der Waals surface area contributed by atoms with E-state index in [4.69, 9.17) is 9.57 Å². The lowest BCUT2D eigenvalue weighted by Crippen LogP contribution is -2.56. The second kappa shape index (κ2) is 11.2. The molecular formula is C31H35N3O6. The Morgan fingerprint density at radius 1 is 1.05 bits per heavy atom. The lowest BCUT2D eigenvalue weighted by atomic mass is 9.85. The molecule has 4 bridgehead atoms. The normalized spacial score (nSPS) is 24.2. The Labute approximate surface area is 233 Å². The Balaban J connectivity index is 1.51. The number of ether oxygens (including phenoxy) is 1. The molecule has 5 rings (SSSR count). The SMILES string of the molecule is CC(C)(C)[C@@H]1NC(=O)OCCCC/C=C/c2ccc3c(c2)C(=NO[C@@H]2C[C@@H](C(=O)O)N(C2)C1=O)c1ccccc1-3. The number of nitrogens with zero attached hydrogens (tertiary/aromatic N) is 2. The van der Waals surface area contributed by atoms with Crippen molar-refractivity contribution in [2.24, 2.45) is 10.6 Å². The highest BCUT2D eigenvalue weighted by Gasteiger charge is 2.46. The summed E-state index contributed by atoms with van der Waals surface area (Å²) in [5, 5.41) is 17.2. The summed E-state index contributed by atoms with van der Waals surface area (Å²) in [5.74, 6) is -1.62. The standard InChI is InChI=1S/C31H35N3O6/c1-31(2,3)27-28(35)34-18-20(17-25(34)29(36)37)40-33-26-23-12-8-7-11-21(23)22-14-13-19(16-24(22)26)10-6-4-5-9-15-39-30(38)32-27/h6-8,10-14,16,20,25,27H,4-5,9,15,17-18H2,1-3H3,(H,32,38)(H,36,37)/b10-6+,33-26?/t20-,25+,27-/m1/s1. The van der Waals surface area contributed by atoms with E-state index in [1.807, 2.05) is 45.0 Å². The van der Waals surface area contributed by atoms with Gasteiger partial charge in [-0.2, -0.15) is 0 Å². The summed E-state index contributed by atoms with van der Waals surface area (Å²) >= 11 is 0. The van der Waals surface area contributed by atoms with Crippen LogP contribution in [0.25, 0.3) is 17.2 Å². The third-order valence-corrected chi connectivity index (χ3v) is 7.58. The van der Waals surface area contributed by atoms with E-state index in [2.05, 4.69) is 40.8 Å². The molecule has 9 nitrogen and oxygen atoms in total. The molecule has 2 N–H and O–H groups in total. The maximum absolute atomic E-state index is 13.7. The summed E-state index contributed by atoms with van der Waals surface area (Å²) < 4.78 is 5.35. The van der Waals surface area contributed by atoms with Crippen LogP contribution in [0.15, 0.2) is 53.7 Å². The van der Waals surface area contributed by atoms with Crippen molar-refractivity contribution in [3.8, 4) is 11.1 Å². The van der Waals surface area contributed by atoms with Crippen LogP contribution in [0.5, 0.6) is 0 Å². The van der Waals surface area contributed by atoms with Crippen LogP contribution in [0.3, 0.4) is 0 Å². The molecule has 3 aliphatic rings. The first-order chi connectivity index (χ1) is 19.1. The Bertz CT molecular complexity index is 1380. The molecule has 2 amide bonds. The highest BCUT2D eigenvalue weighted by molar-refractivity contribution is 6.24. The highest BCUT2D eigenvalue weighted by Crippen LogP contribution is 2.38. The van der Waals surface area contributed by atoms with Crippen LogP contribution in [0.1, 0.15) is 63.1 Å². The number of allylic oxidation sites excluding steroid dienone is 1. The first-order valence-electron chi connectivity index (χ1n) is 13.7. The van der Waals surface area contributed by atoms with Crippen molar-refractivity contribution in [3.05, 3.63) is 65.2 Å². The number of aliphatic carboxylic acids is 1. The minimum absolute atomic E-state index is 0.0349. The van der Waals surface area contributed by atoms with Crippen molar-refractivity contribution in [2.75, 3.05) is 13.2 Å². The van der Waals surface area contributed by atoms with Gasteiger partial charge in [0.2, 0.25) is 5.91 Å². The summed E-state index contributed by atoms with van der Waals surface area (Å²) in [6, 6.07) is 12.1. The molecular weight excluding hydrogens is 510 g/mol. The topological polar surface area (TPSA) is 118 Å². The molecule has 0 saturated carbocycles. The fourth-order valence-electron chi connectivity index (χ4n) is 5.47. The third kappa shape index (κ3) is 5.59. The van der Waals surface area contributed by atoms with E-state index < -0.39 is 41.6 Å². The van der Waals surface area contributed by atoms with Gasteiger partial charge < -0.3 is 24.9 Å². The predicted octanol–water partition coefficient (Wildman–Crippen LogP) is 4.83. The Morgan fingerprint density at radius 2 is 1.80 bits per heavy atom. The molecule has 0 radical (unpaired) electrons. The van der Waals surface area contributed by atoms with Crippen LogP contribution >= 0.6 is 0 Å². The smallest absolute Gasteiger partial charge is 0.407 e. The average Bonchev–Trinajstić information content (AvgIpc) is 3.48. The summed E-state index contributed by atoms with van der Waals surface area (Å²) in [7, 11) is 0. The van der Waals surface area contributed by atoms with E-state index in [1.165, 1.54) is 4.90 Å². The molecule has 1 saturated heterocycles. The first kappa shape index (κ1) is 27.4. The van der Waals surface area contributed by atoms with Crippen molar-refractivity contribution >= 4 is 29.8 Å². The van der Waals surface area contributed by atoms with Crippen LogP contribution in [0.4, 0.5) is 4.79 Å². The van der Waals surface area contributed by atoms with E-state index in [0.29, 0.717) is 12.1 Å². The van der Waals surface area contributed by atoms with Crippen LogP contribution in [-0.4, -0.2) is 65.0 Å². The number of rotatable bonds is 1. The molecule has 2 aromatic carbocycles. The van der Waals surface area contributed by atoms with Gasteiger partial charge in [-0.1, -0.05) is 74.5 Å². The fourth-order valence-corrected chi connectivity index (χ4v) is 5.47. The number of hydrogen-bond acceptors (Lipinski definition) is 6. The monoisotopic (exact) mass is 545 g/mol. The van der Waals surface area contributed by atoms with Gasteiger partial charge in [0.25, 0.3) is 0 Å². The van der Waals surface area contributed by atoms with E-state index >= 15 is 0 Å². The molecule has 0 aromatic heterocycles. The number of hydrogen-bond donors (Lipinski definition) is 2. The van der Waals surface area contributed by atoms with Crippen LogP contribution in [-0.2, 0) is 19.2 Å². The number of carbonyl (C=O) groups excluding carboxylic acids is 2. The second-order valence-corrected chi connectivity index (χ2v) is 11.6. The van der Waals surface area contributed by atoms with Crippen LogP contribution in [0.2, 0.25) is 0 Å². The molecule has 2 aromatic rings. The summed E-state index contributed by atoms with van der Waals surface area (Å²) in [5.41, 5.74) is 5.04. The zero-order valence-electron chi connectivity index (χ0n) is 23.1. The average molecular weight is 546 g/mol. The fraction of sp³-hybridized carbons (Fsp3) is 0.419. The van der Waals surface area contributed by atoms with Gasteiger partial charge in [0.1, 0.15) is 23.9 Å². The summed E-state index contributed by atoms with van der Waals surface area (Å²) in [4.78, 5) is 45.7. The zero-order valence-corrected chi connectivity index (χ0v) is 23.1. The van der Waals surface area contributed by atoms with Crippen LogP contribution < -0.4 is 5.32 Å². The third-order valence-electron chi connectivity index (χ3n) is 7.58. The second-order valence-electron chi connectivity index (χ2n) is 11.6. The van der Waals surface area contributed by atoms with Gasteiger partial charge >= 0.3 is 12.1 Å². The molecule has 2 heterocycles. The number of oxime groups is 1. The minimum atomic E-state index is -1.13. The molecule has 1 fully saturated rings. The van der Waals surface area contributed by atoms with Gasteiger partial charge in [-0.25, -0.2) is 9.59 Å². The lowest BCUT2D eigenvalue weighted by molar-refractivity contribution is -0.150. The molecule has 210 valence electrons. The summed E-state index contributed by atoms with van der Waals surface area (Å²) in [6.07, 6.45) is 5.25. The number of fused-ring (bicyclic) bond motifs is 6. The van der Waals surface area contributed by atoms with E-state index in [1.54, 1.807) is 0 Å². The molecule has 9 heteroatoms. The number of carboxylic acid groups (broad SMARTS) is 1. The van der Waals surface area contributed by atoms with E-state index in [-0.39, 0.29) is 19.6 Å². The van der Waals surface area contributed by atoms with E-state index in [9.17, 15) is 19.5 Å². The minimum Gasteiger partial charge on any atom is -0.480 e. The Hall–Kier alpha value is -4.14. The molecule has 3 atom stereocenters. The number of carboxylic acids is 1. The molecule has 0 unspecified atom stereocenters. The number of cyclic esters (lactones) is 1. The van der Waals surface area contributed by atoms with Crippen LogP contribution in [0, 0.1) is 5.41 Å². The molecule has 2 aliphatic heterocycles. The van der Waals surface area contributed by atoms with Gasteiger partial charge in [0.15, 0.2) is 0 Å². The van der Waals surface area contributed by atoms with Crippen molar-refractivity contribution < 1.29 is 29.1 Å². The lowest BCUT2D eigenvalue weighted by Gasteiger charge is -2.34. The number of alkyl carbamates (subject to hydrolysis) is 1. The number of benzene rings is 2. The molecule has 40 heavy (non-hydrogen) atoms. The van der Waals surface area contributed by atoms with Gasteiger partial charge in [0, 0.05) is 17.5 Å². The van der Waals surface area contributed by atoms with E-state index in [0.717, 1.165) is 40.7 Å². The van der Waals surface area contributed by atoms with Gasteiger partial charge in [-0.3, -0.25) is 4.79 Å². The van der Waals surface area contributed by atoms with Gasteiger partial charge in [-0.15, -0.1) is 0 Å². The highest BCUT2D eigenvalue weighted by atomic mass is 16.6. The van der Waals surface area contributed by atoms with Crippen molar-refractivity contribution in [1.82, 2.24) is 10.2 Å². The Morgan fingerprint density at radius 3 is 2.55 bits per heavy atom.